The molecule has 0 aliphatic rings. The summed E-state index contributed by atoms with van der Waals surface area (Å²) in [5.41, 5.74) is 2.14. The number of hydrogen-bond acceptors (Lipinski definition) is 4. The zero-order chi connectivity index (χ0) is 12.1. The van der Waals surface area contributed by atoms with Crippen LogP contribution in [0.4, 0.5) is 0 Å². The van der Waals surface area contributed by atoms with Crippen LogP contribution in [-0.4, -0.2) is 10.1 Å². The lowest BCUT2D eigenvalue weighted by Gasteiger charge is -2.06. The summed E-state index contributed by atoms with van der Waals surface area (Å²) in [6.45, 7) is 2.15. The fourth-order valence-electron chi connectivity index (χ4n) is 1.39. The maximum atomic E-state index is 9.04. The molecule has 88 valence electrons. The second-order valence-corrected chi connectivity index (χ2v) is 5.78. The van der Waals surface area contributed by atoms with E-state index in [0.717, 1.165) is 10.6 Å². The molecule has 0 fully saturated rings. The van der Waals surface area contributed by atoms with E-state index in [9.17, 15) is 0 Å². The molecule has 1 aromatic heterocycles. The largest absolute Gasteiger partial charge is 0.392 e. The number of nitrogens with zero attached hydrogens (tertiary/aromatic N) is 1. The molecular weight excluding hydrogens is 250 g/mol. The third-order valence-electron chi connectivity index (χ3n) is 2.28. The highest BCUT2D eigenvalue weighted by Crippen LogP contribution is 2.37. The minimum atomic E-state index is 0.0964. The lowest BCUT2D eigenvalue weighted by Crippen LogP contribution is -1.85. The van der Waals surface area contributed by atoms with Gasteiger partial charge in [0.05, 0.1) is 6.61 Å². The third kappa shape index (κ3) is 3.49. The van der Waals surface area contributed by atoms with Crippen LogP contribution in [0.5, 0.6) is 0 Å². The van der Waals surface area contributed by atoms with Gasteiger partial charge in [-0.05, 0) is 47.0 Å². The van der Waals surface area contributed by atoms with Crippen LogP contribution in [0, 0.1) is 6.92 Å². The van der Waals surface area contributed by atoms with Gasteiger partial charge in [0.15, 0.2) is 0 Å². The normalized spacial score (nSPS) is 10.5. The Morgan fingerprint density at radius 3 is 2.71 bits per heavy atom. The van der Waals surface area contributed by atoms with Crippen LogP contribution in [0.2, 0.25) is 0 Å². The molecule has 0 atom stereocenters. The smallest absolute Gasteiger partial charge is 0.107 e. The fraction of sp³-hybridized carbons (Fsp3) is 0.154. The molecule has 0 saturated carbocycles. The van der Waals surface area contributed by atoms with Gasteiger partial charge in [0, 0.05) is 11.1 Å². The van der Waals surface area contributed by atoms with E-state index < -0.39 is 0 Å². The number of rotatable bonds is 4. The van der Waals surface area contributed by atoms with Crippen molar-refractivity contribution >= 4 is 21.6 Å². The second-order valence-electron chi connectivity index (χ2n) is 3.59. The van der Waals surface area contributed by atoms with Gasteiger partial charge in [-0.1, -0.05) is 29.0 Å². The summed E-state index contributed by atoms with van der Waals surface area (Å²) < 4.78 is 0. The van der Waals surface area contributed by atoms with E-state index in [2.05, 4.69) is 11.9 Å². The van der Waals surface area contributed by atoms with E-state index >= 15 is 0 Å². The van der Waals surface area contributed by atoms with Gasteiger partial charge in [-0.3, -0.25) is 0 Å². The van der Waals surface area contributed by atoms with E-state index in [-0.39, 0.29) is 6.61 Å². The molecule has 0 saturated heterocycles. The zero-order valence-corrected chi connectivity index (χ0v) is 11.1. The molecule has 2 nitrogen and oxygen atoms in total. The van der Waals surface area contributed by atoms with E-state index in [0.29, 0.717) is 0 Å². The van der Waals surface area contributed by atoms with Crippen molar-refractivity contribution < 1.29 is 5.11 Å². The second kappa shape index (κ2) is 6.10. The topological polar surface area (TPSA) is 33.1 Å². The van der Waals surface area contributed by atoms with E-state index in [1.165, 1.54) is 10.5 Å². The van der Waals surface area contributed by atoms with Gasteiger partial charge < -0.3 is 5.11 Å². The highest BCUT2D eigenvalue weighted by molar-refractivity contribution is 8.76. The molecular formula is C13H13NOS2. The number of benzene rings is 1. The van der Waals surface area contributed by atoms with Crippen LogP contribution < -0.4 is 0 Å². The quantitative estimate of drug-likeness (QED) is 0.853. The Balaban J connectivity index is 2.04. The lowest BCUT2D eigenvalue weighted by molar-refractivity contribution is 0.281. The summed E-state index contributed by atoms with van der Waals surface area (Å²) in [5.74, 6) is 0. The van der Waals surface area contributed by atoms with Crippen molar-refractivity contribution in [2.75, 3.05) is 0 Å². The molecule has 0 radical (unpaired) electrons. The SMILES string of the molecule is Cc1cc(CO)ccc1SSc1ccccn1. The molecule has 4 heteroatoms. The summed E-state index contributed by atoms with van der Waals surface area (Å²) in [6.07, 6.45) is 1.80. The van der Waals surface area contributed by atoms with Gasteiger partial charge in [-0.15, -0.1) is 0 Å². The van der Waals surface area contributed by atoms with E-state index in [1.54, 1.807) is 27.8 Å². The van der Waals surface area contributed by atoms with Gasteiger partial charge in [0.25, 0.3) is 0 Å². The Hall–Kier alpha value is -0.970. The molecule has 1 heterocycles. The van der Waals surface area contributed by atoms with Crippen LogP contribution in [0.15, 0.2) is 52.5 Å². The van der Waals surface area contributed by atoms with Gasteiger partial charge in [0.1, 0.15) is 5.03 Å². The maximum Gasteiger partial charge on any atom is 0.107 e. The third-order valence-corrected chi connectivity index (χ3v) is 4.71. The van der Waals surface area contributed by atoms with Crippen molar-refractivity contribution in [3.05, 3.63) is 53.7 Å². The molecule has 1 aromatic carbocycles. The monoisotopic (exact) mass is 263 g/mol. The van der Waals surface area contributed by atoms with Crippen LogP contribution in [0.3, 0.4) is 0 Å². The van der Waals surface area contributed by atoms with Crippen molar-refractivity contribution in [1.82, 2.24) is 4.98 Å². The minimum Gasteiger partial charge on any atom is -0.392 e. The van der Waals surface area contributed by atoms with Crippen molar-refractivity contribution in [1.29, 1.82) is 0 Å². The lowest BCUT2D eigenvalue weighted by atomic mass is 10.1. The van der Waals surface area contributed by atoms with Gasteiger partial charge in [-0.2, -0.15) is 0 Å². The first kappa shape index (κ1) is 12.5. The summed E-state index contributed by atoms with van der Waals surface area (Å²) >= 11 is 0. The number of aryl methyl sites for hydroxylation is 1. The molecule has 2 rings (SSSR count). The molecule has 0 aliphatic heterocycles. The number of aliphatic hydroxyl groups is 1. The average Bonchev–Trinajstić information content (AvgIpc) is 2.38. The summed E-state index contributed by atoms with van der Waals surface area (Å²) in [4.78, 5) is 5.47. The highest BCUT2D eigenvalue weighted by Gasteiger charge is 2.02. The first-order valence-electron chi connectivity index (χ1n) is 5.25. The van der Waals surface area contributed by atoms with Crippen molar-refractivity contribution in [3.8, 4) is 0 Å². The minimum absolute atomic E-state index is 0.0964. The first-order valence-corrected chi connectivity index (χ1v) is 7.40. The average molecular weight is 263 g/mol. The van der Waals surface area contributed by atoms with Crippen LogP contribution in [0.1, 0.15) is 11.1 Å². The predicted molar refractivity (Wildman–Crippen MR) is 73.1 cm³/mol. The Kier molecular flexibility index (Phi) is 4.48. The predicted octanol–water partition coefficient (Wildman–Crippen LogP) is 3.68. The van der Waals surface area contributed by atoms with Crippen molar-refractivity contribution in [2.24, 2.45) is 0 Å². The van der Waals surface area contributed by atoms with E-state index in [1.807, 2.05) is 36.4 Å². The van der Waals surface area contributed by atoms with Crippen LogP contribution in [0.25, 0.3) is 0 Å². The summed E-state index contributed by atoms with van der Waals surface area (Å²) in [5, 5.41) is 10.0. The molecule has 1 N–H and O–H groups in total. The molecule has 0 amide bonds. The fourth-order valence-corrected chi connectivity index (χ4v) is 3.50. The Labute approximate surface area is 109 Å². The Morgan fingerprint density at radius 1 is 1.18 bits per heavy atom. The molecule has 0 bridgehead atoms. The summed E-state index contributed by atoms with van der Waals surface area (Å²) in [7, 11) is 3.34. The Morgan fingerprint density at radius 2 is 2.06 bits per heavy atom. The zero-order valence-electron chi connectivity index (χ0n) is 9.46. The molecule has 0 unspecified atom stereocenters. The van der Waals surface area contributed by atoms with Crippen LogP contribution >= 0.6 is 21.6 Å². The molecule has 2 aromatic rings. The summed E-state index contributed by atoms with van der Waals surface area (Å²) in [6, 6.07) is 11.9. The molecule has 0 aliphatic carbocycles. The van der Waals surface area contributed by atoms with Crippen molar-refractivity contribution in [3.63, 3.8) is 0 Å². The van der Waals surface area contributed by atoms with E-state index in [4.69, 9.17) is 5.11 Å². The highest BCUT2D eigenvalue weighted by atomic mass is 33.1. The van der Waals surface area contributed by atoms with Crippen molar-refractivity contribution in [2.45, 2.75) is 23.5 Å². The Bertz CT molecular complexity index is 488. The number of pyridine rings is 1. The molecule has 17 heavy (non-hydrogen) atoms. The van der Waals surface area contributed by atoms with Gasteiger partial charge in [0.2, 0.25) is 0 Å². The maximum absolute atomic E-state index is 9.04. The standard InChI is InChI=1S/C13H13NOS2/c1-10-8-11(9-15)5-6-12(10)16-17-13-4-2-3-7-14-13/h2-8,15H,9H2,1H3. The number of aromatic nitrogens is 1. The molecule has 0 spiro atoms. The van der Waals surface area contributed by atoms with Crippen LogP contribution in [-0.2, 0) is 6.61 Å². The van der Waals surface area contributed by atoms with Gasteiger partial charge in [-0.25, -0.2) is 4.98 Å². The number of hydrogen-bond donors (Lipinski definition) is 1. The van der Waals surface area contributed by atoms with Gasteiger partial charge >= 0.3 is 0 Å². The number of aliphatic hydroxyl groups excluding tert-OH is 1. The first-order chi connectivity index (χ1) is 8.29.